The zero-order valence-corrected chi connectivity index (χ0v) is 18.1. The number of oxazole rings is 1. The van der Waals surface area contributed by atoms with Gasteiger partial charge in [0.15, 0.2) is 0 Å². The zero-order valence-electron chi connectivity index (χ0n) is 18.1. The van der Waals surface area contributed by atoms with Gasteiger partial charge in [-0.05, 0) is 62.1 Å². The average molecular weight is 434 g/mol. The Morgan fingerprint density at radius 2 is 1.97 bits per heavy atom. The molecule has 5 rings (SSSR count). The zero-order chi connectivity index (χ0) is 22.1. The van der Waals surface area contributed by atoms with Gasteiger partial charge < -0.3 is 15.1 Å². The van der Waals surface area contributed by atoms with Crippen molar-refractivity contribution in [1.82, 2.24) is 25.8 Å². The van der Waals surface area contributed by atoms with Crippen LogP contribution >= 0.6 is 0 Å². The molecule has 8 nitrogen and oxygen atoms in total. The number of benzene rings is 1. The molecule has 166 valence electrons. The number of carbonyl (C=O) groups excluding carboxylic acids is 2. The van der Waals surface area contributed by atoms with Gasteiger partial charge in [-0.15, -0.1) is 0 Å². The van der Waals surface area contributed by atoms with Gasteiger partial charge in [0.1, 0.15) is 5.69 Å². The number of nitrogens with one attached hydrogen (secondary N) is 3. The van der Waals surface area contributed by atoms with Gasteiger partial charge in [0.25, 0.3) is 11.8 Å². The molecule has 2 aromatic heterocycles. The van der Waals surface area contributed by atoms with Crippen LogP contribution in [0.1, 0.15) is 60.1 Å². The molecule has 2 fully saturated rings. The number of rotatable bonds is 9. The molecule has 2 saturated carbocycles. The van der Waals surface area contributed by atoms with E-state index in [2.05, 4.69) is 32.7 Å². The predicted octanol–water partition coefficient (Wildman–Crippen LogP) is 3.79. The molecule has 1 aromatic carbocycles. The van der Waals surface area contributed by atoms with Crippen molar-refractivity contribution in [1.29, 1.82) is 0 Å². The van der Waals surface area contributed by atoms with Gasteiger partial charge in [0.2, 0.25) is 11.7 Å². The fourth-order valence-corrected chi connectivity index (χ4v) is 3.86. The molecule has 2 heterocycles. The molecule has 3 N–H and O–H groups in total. The maximum atomic E-state index is 12.5. The molecule has 1 atom stereocenters. The van der Waals surface area contributed by atoms with Crippen molar-refractivity contribution in [3.8, 4) is 22.7 Å². The van der Waals surface area contributed by atoms with E-state index in [0.29, 0.717) is 35.7 Å². The van der Waals surface area contributed by atoms with Gasteiger partial charge in [0, 0.05) is 23.7 Å². The Bertz CT molecular complexity index is 1130. The van der Waals surface area contributed by atoms with Crippen molar-refractivity contribution < 1.29 is 14.0 Å². The summed E-state index contributed by atoms with van der Waals surface area (Å²) in [5.41, 5.74) is 2.65. The van der Waals surface area contributed by atoms with E-state index in [1.54, 1.807) is 6.07 Å². The van der Waals surface area contributed by atoms with Crippen LogP contribution in [0.3, 0.4) is 0 Å². The third-order valence-corrected chi connectivity index (χ3v) is 6.15. The summed E-state index contributed by atoms with van der Waals surface area (Å²) in [4.78, 5) is 29.1. The molecule has 1 unspecified atom stereocenters. The van der Waals surface area contributed by atoms with Gasteiger partial charge in [-0.1, -0.05) is 19.1 Å². The maximum absolute atomic E-state index is 12.5. The van der Waals surface area contributed by atoms with E-state index in [1.165, 1.54) is 31.9 Å². The molecule has 0 spiro atoms. The van der Waals surface area contributed by atoms with E-state index < -0.39 is 0 Å². The van der Waals surface area contributed by atoms with Crippen LogP contribution in [-0.2, 0) is 0 Å². The monoisotopic (exact) mass is 433 g/mol. The fourth-order valence-electron chi connectivity index (χ4n) is 3.86. The highest BCUT2D eigenvalue weighted by molar-refractivity contribution is 5.93. The third kappa shape index (κ3) is 4.59. The molecule has 2 amide bonds. The Hall–Kier alpha value is -3.42. The quantitative estimate of drug-likeness (QED) is 0.475. The highest BCUT2D eigenvalue weighted by atomic mass is 16.4. The maximum Gasteiger partial charge on any atom is 0.288 e. The number of carbonyl (C=O) groups is 2. The first-order valence-corrected chi connectivity index (χ1v) is 11.3. The largest absolute Gasteiger partial charge is 0.431 e. The summed E-state index contributed by atoms with van der Waals surface area (Å²) in [5, 5.41) is 13.1. The number of amides is 2. The second kappa shape index (κ2) is 8.61. The highest BCUT2D eigenvalue weighted by Crippen LogP contribution is 2.34. The summed E-state index contributed by atoms with van der Waals surface area (Å²) in [6, 6.07) is 9.45. The Morgan fingerprint density at radius 1 is 1.16 bits per heavy atom. The number of hydrogen-bond donors (Lipinski definition) is 3. The minimum Gasteiger partial charge on any atom is -0.431 e. The second-order valence-electron chi connectivity index (χ2n) is 8.76. The lowest BCUT2D eigenvalue weighted by atomic mass is 10.1. The number of hydrogen-bond acceptors (Lipinski definition) is 5. The summed E-state index contributed by atoms with van der Waals surface area (Å²) in [6.07, 6.45) is 7.09. The molecular weight excluding hydrogens is 406 g/mol. The molecule has 32 heavy (non-hydrogen) atoms. The van der Waals surface area contributed by atoms with E-state index in [1.807, 2.05) is 24.3 Å². The predicted molar refractivity (Wildman–Crippen MR) is 119 cm³/mol. The lowest BCUT2D eigenvalue weighted by molar-refractivity contribution is 0.0902. The molecule has 0 aliphatic heterocycles. The van der Waals surface area contributed by atoms with Crippen LogP contribution in [0.4, 0.5) is 0 Å². The first-order valence-electron chi connectivity index (χ1n) is 11.3. The fraction of sp³-hybridized carbons (Fsp3) is 0.417. The average Bonchev–Trinajstić information content (AvgIpc) is 3.73. The molecular formula is C24H27N5O3. The Labute approximate surface area is 186 Å². The van der Waals surface area contributed by atoms with Crippen LogP contribution in [-0.4, -0.2) is 39.6 Å². The van der Waals surface area contributed by atoms with E-state index in [4.69, 9.17) is 4.42 Å². The molecule has 0 bridgehead atoms. The Kier molecular flexibility index (Phi) is 5.51. The molecule has 3 aromatic rings. The Balaban J connectivity index is 1.28. The smallest absolute Gasteiger partial charge is 0.288 e. The number of nitrogens with zero attached hydrogens (tertiary/aromatic N) is 2. The minimum absolute atomic E-state index is 0.147. The summed E-state index contributed by atoms with van der Waals surface area (Å²) in [5.74, 6) is 1.40. The van der Waals surface area contributed by atoms with Crippen LogP contribution in [0.15, 0.2) is 40.9 Å². The van der Waals surface area contributed by atoms with Gasteiger partial charge in [0.05, 0.1) is 11.9 Å². The first-order chi connectivity index (χ1) is 15.6. The van der Waals surface area contributed by atoms with Crippen LogP contribution < -0.4 is 10.6 Å². The molecule has 2 aliphatic carbocycles. The van der Waals surface area contributed by atoms with Gasteiger partial charge in [-0.3, -0.25) is 14.7 Å². The van der Waals surface area contributed by atoms with E-state index in [-0.39, 0.29) is 23.6 Å². The van der Waals surface area contributed by atoms with Crippen molar-refractivity contribution in [3.63, 3.8) is 0 Å². The van der Waals surface area contributed by atoms with Crippen molar-refractivity contribution >= 4 is 11.8 Å². The van der Waals surface area contributed by atoms with E-state index in [0.717, 1.165) is 17.5 Å². The summed E-state index contributed by atoms with van der Waals surface area (Å²) in [7, 11) is 0. The van der Waals surface area contributed by atoms with Crippen molar-refractivity contribution in [2.45, 2.75) is 45.1 Å². The lowest BCUT2D eigenvalue weighted by Crippen LogP contribution is -2.35. The number of H-pyrrole nitrogens is 1. The number of aromatic nitrogens is 3. The Morgan fingerprint density at radius 3 is 2.72 bits per heavy atom. The van der Waals surface area contributed by atoms with Crippen LogP contribution in [0.5, 0.6) is 0 Å². The van der Waals surface area contributed by atoms with Crippen molar-refractivity contribution in [2.24, 2.45) is 11.8 Å². The summed E-state index contributed by atoms with van der Waals surface area (Å²) in [6.45, 7) is 2.79. The topological polar surface area (TPSA) is 113 Å². The van der Waals surface area contributed by atoms with Crippen molar-refractivity contribution in [2.75, 3.05) is 6.54 Å². The van der Waals surface area contributed by atoms with Crippen LogP contribution in [0.2, 0.25) is 0 Å². The summed E-state index contributed by atoms with van der Waals surface area (Å²) < 4.78 is 5.76. The summed E-state index contributed by atoms with van der Waals surface area (Å²) >= 11 is 0. The third-order valence-electron chi connectivity index (χ3n) is 6.15. The first kappa shape index (κ1) is 20.5. The molecule has 0 saturated heterocycles. The molecule has 2 aliphatic rings. The normalized spacial score (nSPS) is 16.5. The van der Waals surface area contributed by atoms with Crippen LogP contribution in [0.25, 0.3) is 22.7 Å². The van der Waals surface area contributed by atoms with E-state index in [9.17, 15) is 9.59 Å². The highest BCUT2D eigenvalue weighted by Gasteiger charge is 2.31. The van der Waals surface area contributed by atoms with Gasteiger partial charge in [-0.25, -0.2) is 4.98 Å². The van der Waals surface area contributed by atoms with E-state index >= 15 is 0 Å². The standard InChI is InChI=1S/C24H27N5O3/c1-2-18(15-8-9-15)27-23(31)21-13-26-24(32-21)17-5-3-4-16(10-17)19-11-20(29-28-19)22(30)25-12-14-6-7-14/h3-5,10-11,13-15,18H,2,6-9,12H2,1H3,(H,25,30)(H,27,31)(H,28,29). The minimum atomic E-state index is -0.229. The SMILES string of the molecule is CCC(NC(=O)c1cnc(-c2cccc(-c3cc(C(=O)NCC4CC4)[nH]n3)c2)o1)C1CC1. The lowest BCUT2D eigenvalue weighted by Gasteiger charge is -2.14. The molecule has 8 heteroatoms. The van der Waals surface area contributed by atoms with Gasteiger partial charge in [-0.2, -0.15) is 5.10 Å². The second-order valence-corrected chi connectivity index (χ2v) is 8.76. The van der Waals surface area contributed by atoms with Gasteiger partial charge >= 0.3 is 0 Å². The van der Waals surface area contributed by atoms with Crippen LogP contribution in [0, 0.1) is 11.8 Å². The number of aromatic amines is 1. The molecule has 0 radical (unpaired) electrons. The van der Waals surface area contributed by atoms with Crippen molar-refractivity contribution in [3.05, 3.63) is 48.0 Å².